The van der Waals surface area contributed by atoms with E-state index in [1.54, 1.807) is 19.1 Å². The average molecular weight is 386 g/mol. The quantitative estimate of drug-likeness (QED) is 0.859. The molecule has 1 aliphatic rings. The van der Waals surface area contributed by atoms with Crippen molar-refractivity contribution in [2.24, 2.45) is 0 Å². The normalized spacial score (nSPS) is 13.7. The van der Waals surface area contributed by atoms with E-state index in [-0.39, 0.29) is 11.4 Å². The van der Waals surface area contributed by atoms with Gasteiger partial charge in [-0.2, -0.15) is 0 Å². The van der Waals surface area contributed by atoms with E-state index in [1.807, 2.05) is 0 Å². The van der Waals surface area contributed by atoms with Crippen LogP contribution >= 0.6 is 11.6 Å². The van der Waals surface area contributed by atoms with E-state index in [1.165, 1.54) is 12.1 Å². The molecule has 0 aromatic heterocycles. The number of halogens is 2. The van der Waals surface area contributed by atoms with Gasteiger partial charge < -0.3 is 9.47 Å². The Balaban J connectivity index is 1.69. The van der Waals surface area contributed by atoms with Gasteiger partial charge in [-0.1, -0.05) is 11.6 Å². The molecule has 0 unspecified atom stereocenters. The molecule has 2 aromatic rings. The number of fused-ring (bicyclic) bond motifs is 1. The monoisotopic (exact) mass is 385 g/mol. The van der Waals surface area contributed by atoms with E-state index in [9.17, 15) is 12.8 Å². The van der Waals surface area contributed by atoms with Crippen molar-refractivity contribution in [2.75, 3.05) is 19.8 Å². The minimum atomic E-state index is -3.71. The Morgan fingerprint density at radius 1 is 1.20 bits per heavy atom. The van der Waals surface area contributed by atoms with Gasteiger partial charge in [0, 0.05) is 6.54 Å². The zero-order valence-electron chi connectivity index (χ0n) is 13.5. The van der Waals surface area contributed by atoms with E-state index in [4.69, 9.17) is 21.1 Å². The summed E-state index contributed by atoms with van der Waals surface area (Å²) in [5.74, 6) is 0.604. The van der Waals surface area contributed by atoms with E-state index < -0.39 is 15.8 Å². The smallest absolute Gasteiger partial charge is 0.240 e. The van der Waals surface area contributed by atoms with Crippen LogP contribution in [0.3, 0.4) is 0 Å². The standard InChI is InChI=1S/C17H17ClFNO4S/c1-11-8-13(19)2-3-16(11)25(21,22)20-5-4-12-9-14(18)17-15(10-12)23-6-7-24-17/h2-3,8-10,20H,4-7H2,1H3. The lowest BCUT2D eigenvalue weighted by atomic mass is 10.1. The lowest BCUT2D eigenvalue weighted by Crippen LogP contribution is -2.26. The third-order valence-electron chi connectivity index (χ3n) is 3.79. The van der Waals surface area contributed by atoms with Crippen molar-refractivity contribution >= 4 is 21.6 Å². The Morgan fingerprint density at radius 2 is 1.96 bits per heavy atom. The van der Waals surface area contributed by atoms with Gasteiger partial charge in [0.2, 0.25) is 10.0 Å². The molecule has 25 heavy (non-hydrogen) atoms. The minimum absolute atomic E-state index is 0.0640. The van der Waals surface area contributed by atoms with Crippen molar-refractivity contribution in [3.8, 4) is 11.5 Å². The summed E-state index contributed by atoms with van der Waals surface area (Å²) in [5, 5.41) is 0.435. The maximum atomic E-state index is 13.1. The van der Waals surface area contributed by atoms with Crippen molar-refractivity contribution in [1.82, 2.24) is 4.72 Å². The van der Waals surface area contributed by atoms with Gasteiger partial charge >= 0.3 is 0 Å². The molecule has 3 rings (SSSR count). The first-order valence-corrected chi connectivity index (χ1v) is 9.57. The summed E-state index contributed by atoms with van der Waals surface area (Å²) in [5.41, 5.74) is 1.18. The molecule has 0 bridgehead atoms. The van der Waals surface area contributed by atoms with Gasteiger partial charge in [-0.05, 0) is 54.8 Å². The molecule has 0 atom stereocenters. The van der Waals surface area contributed by atoms with Gasteiger partial charge in [-0.25, -0.2) is 17.5 Å². The molecular formula is C17H17ClFNO4S. The van der Waals surface area contributed by atoms with Gasteiger partial charge in [0.15, 0.2) is 11.5 Å². The van der Waals surface area contributed by atoms with Gasteiger partial charge in [-0.15, -0.1) is 0 Å². The highest BCUT2D eigenvalue weighted by Crippen LogP contribution is 2.38. The molecular weight excluding hydrogens is 369 g/mol. The molecule has 1 heterocycles. The number of hydrogen-bond donors (Lipinski definition) is 1. The number of ether oxygens (including phenoxy) is 2. The number of nitrogens with one attached hydrogen (secondary N) is 1. The second kappa shape index (κ2) is 7.19. The van der Waals surface area contributed by atoms with Gasteiger partial charge in [0.1, 0.15) is 19.0 Å². The van der Waals surface area contributed by atoms with Crippen LogP contribution in [0.5, 0.6) is 11.5 Å². The first-order chi connectivity index (χ1) is 11.9. The third-order valence-corrected chi connectivity index (χ3v) is 5.69. The van der Waals surface area contributed by atoms with E-state index in [2.05, 4.69) is 4.72 Å². The first-order valence-electron chi connectivity index (χ1n) is 7.70. The number of sulfonamides is 1. The molecule has 0 aliphatic carbocycles. The van der Waals surface area contributed by atoms with Crippen LogP contribution in [-0.2, 0) is 16.4 Å². The molecule has 1 aliphatic heterocycles. The third kappa shape index (κ3) is 4.05. The molecule has 0 amide bonds. The van der Waals surface area contributed by atoms with Crippen molar-refractivity contribution in [3.05, 3.63) is 52.3 Å². The first kappa shape index (κ1) is 18.0. The van der Waals surface area contributed by atoms with Crippen LogP contribution < -0.4 is 14.2 Å². The van der Waals surface area contributed by atoms with Crippen LogP contribution in [-0.4, -0.2) is 28.2 Å². The summed E-state index contributed by atoms with van der Waals surface area (Å²) in [7, 11) is -3.71. The summed E-state index contributed by atoms with van der Waals surface area (Å²) >= 11 is 6.17. The molecule has 0 saturated carbocycles. The molecule has 0 radical (unpaired) electrons. The molecule has 5 nitrogen and oxygen atoms in total. The maximum Gasteiger partial charge on any atom is 0.240 e. The number of benzene rings is 2. The predicted octanol–water partition coefficient (Wildman–Crippen LogP) is 3.08. The molecule has 8 heteroatoms. The van der Waals surface area contributed by atoms with Crippen molar-refractivity contribution in [1.29, 1.82) is 0 Å². The second-order valence-electron chi connectivity index (χ2n) is 5.66. The van der Waals surface area contributed by atoms with Crippen molar-refractivity contribution in [3.63, 3.8) is 0 Å². The van der Waals surface area contributed by atoms with Gasteiger partial charge in [-0.3, -0.25) is 0 Å². The second-order valence-corrected chi connectivity index (χ2v) is 7.80. The Morgan fingerprint density at radius 3 is 2.72 bits per heavy atom. The fraction of sp³-hybridized carbons (Fsp3) is 0.294. The molecule has 0 saturated heterocycles. The molecule has 134 valence electrons. The summed E-state index contributed by atoms with van der Waals surface area (Å²) in [6, 6.07) is 7.09. The van der Waals surface area contributed by atoms with Gasteiger partial charge in [0.25, 0.3) is 0 Å². The lowest BCUT2D eigenvalue weighted by molar-refractivity contribution is 0.171. The SMILES string of the molecule is Cc1cc(F)ccc1S(=O)(=O)NCCc1cc(Cl)c2c(c1)OCCO2. The largest absolute Gasteiger partial charge is 0.486 e. The fourth-order valence-electron chi connectivity index (χ4n) is 2.63. The number of rotatable bonds is 5. The zero-order valence-corrected chi connectivity index (χ0v) is 15.1. The predicted molar refractivity (Wildman–Crippen MR) is 92.5 cm³/mol. The van der Waals surface area contributed by atoms with Crippen LogP contribution in [0.1, 0.15) is 11.1 Å². The molecule has 2 aromatic carbocycles. The van der Waals surface area contributed by atoms with Crippen molar-refractivity contribution < 1.29 is 22.3 Å². The van der Waals surface area contributed by atoms with Crippen LogP contribution in [0, 0.1) is 12.7 Å². The van der Waals surface area contributed by atoms with Gasteiger partial charge in [0.05, 0.1) is 9.92 Å². The van der Waals surface area contributed by atoms with Crippen LogP contribution in [0.25, 0.3) is 0 Å². The number of hydrogen-bond acceptors (Lipinski definition) is 4. The Bertz CT molecular complexity index is 902. The summed E-state index contributed by atoms with van der Waals surface area (Å²) in [6.07, 6.45) is 0.426. The van der Waals surface area contributed by atoms with Crippen LogP contribution in [0.2, 0.25) is 5.02 Å². The van der Waals surface area contributed by atoms with E-state index in [0.29, 0.717) is 41.7 Å². The lowest BCUT2D eigenvalue weighted by Gasteiger charge is -2.20. The topological polar surface area (TPSA) is 64.6 Å². The van der Waals surface area contributed by atoms with Crippen LogP contribution in [0.15, 0.2) is 35.2 Å². The summed E-state index contributed by atoms with van der Waals surface area (Å²) < 4.78 is 51.3. The van der Waals surface area contributed by atoms with E-state index in [0.717, 1.165) is 11.6 Å². The zero-order chi connectivity index (χ0) is 18.0. The Labute approximate surface area is 150 Å². The summed E-state index contributed by atoms with van der Waals surface area (Å²) in [6.45, 7) is 2.62. The molecule has 0 spiro atoms. The van der Waals surface area contributed by atoms with Crippen LogP contribution in [0.4, 0.5) is 4.39 Å². The Hall–Kier alpha value is -1.83. The fourth-order valence-corrected chi connectivity index (χ4v) is 4.17. The summed E-state index contributed by atoms with van der Waals surface area (Å²) in [4.78, 5) is 0.0640. The van der Waals surface area contributed by atoms with Crippen molar-refractivity contribution in [2.45, 2.75) is 18.2 Å². The highest BCUT2D eigenvalue weighted by atomic mass is 35.5. The highest BCUT2D eigenvalue weighted by molar-refractivity contribution is 7.89. The molecule has 1 N–H and O–H groups in total. The Kier molecular flexibility index (Phi) is 5.17. The molecule has 0 fully saturated rings. The minimum Gasteiger partial charge on any atom is -0.486 e. The highest BCUT2D eigenvalue weighted by Gasteiger charge is 2.19. The maximum absolute atomic E-state index is 13.1. The number of aryl methyl sites for hydroxylation is 1. The average Bonchev–Trinajstić information content (AvgIpc) is 2.54. The van der Waals surface area contributed by atoms with E-state index >= 15 is 0 Å².